The summed E-state index contributed by atoms with van der Waals surface area (Å²) in [7, 11) is -5.30. The second-order valence-corrected chi connectivity index (χ2v) is 34.0. The van der Waals surface area contributed by atoms with Gasteiger partial charge in [-0.2, -0.15) is 0 Å². The number of imide groups is 1. The molecule has 12 N–H and O–H groups in total. The van der Waals surface area contributed by atoms with Gasteiger partial charge in [0.1, 0.15) is 78.4 Å². The van der Waals surface area contributed by atoms with Crippen molar-refractivity contribution < 1.29 is 165 Å². The van der Waals surface area contributed by atoms with Gasteiger partial charge in [0, 0.05) is 80.9 Å². The molecular weight excluding hydrogens is 1790 g/mol. The number of nitrogens with zero attached hydrogens (tertiary/aromatic N) is 6. The van der Waals surface area contributed by atoms with Crippen molar-refractivity contribution in [2.75, 3.05) is 57.1 Å². The number of esters is 1. The number of alkyl halides is 2. The van der Waals surface area contributed by atoms with E-state index in [1.54, 1.807) is 36.4 Å². The number of fused-ring (bicyclic) bond motifs is 3. The Balaban J connectivity index is 0.0000149. The number of hydrogen-bond donors (Lipinski definition) is 11. The fourth-order valence-corrected chi connectivity index (χ4v) is 17.6. The van der Waals surface area contributed by atoms with E-state index in [1.165, 1.54) is 41.7 Å². The largest absolute Gasteiger partial charge is 0.494 e. The number of carbonyl (C=O) groups excluding carboxylic acids is 6. The number of carboxylic acids is 1. The number of nitrogens with two attached hydrogens (primary N) is 1. The number of carbonyl (C=O) groups is 7. The number of rotatable bonds is 37. The van der Waals surface area contributed by atoms with Crippen LogP contribution in [0.5, 0.6) is 17.2 Å². The molecule has 16 atom stereocenters. The summed E-state index contributed by atoms with van der Waals surface area (Å²) >= 11 is 0.556. The fourth-order valence-electron chi connectivity index (χ4n) is 13.3. The van der Waals surface area contributed by atoms with Gasteiger partial charge in [-0.1, -0.05) is 83.4 Å². The molecule has 5 aliphatic heterocycles. The van der Waals surface area contributed by atoms with E-state index in [2.05, 4.69) is 36.2 Å². The number of H-pyrrole nitrogens is 1. The molecule has 0 bridgehead atoms. The van der Waals surface area contributed by atoms with E-state index in [0.717, 1.165) is 74.4 Å². The molecule has 5 fully saturated rings. The molecule has 8 heterocycles. The van der Waals surface area contributed by atoms with Gasteiger partial charge in [-0.15, -0.1) is 0 Å². The molecule has 0 saturated carbocycles. The number of aliphatic hydroxyl groups excluding tert-OH is 3. The number of aromatic nitrogens is 6. The van der Waals surface area contributed by atoms with Gasteiger partial charge in [0.25, 0.3) is 5.56 Å². The molecule has 5 amide bonds. The number of phosphoric ester groups is 1. The summed E-state index contributed by atoms with van der Waals surface area (Å²) in [5, 5.41) is 52.3. The number of unbranched alkanes of at least 4 members (excludes halogenated alkanes) is 9. The van der Waals surface area contributed by atoms with E-state index in [1.807, 2.05) is 18.8 Å². The SMILES string of the molecule is CC(C)[C@H](NCCCCCN1C(=O)[CH-]CC1=O)C(=O)NCCC(=O)Nc1cc(COC(=O)NCCCCCCCCCCOc2ccc(C(=O)Oc3ccc(CSP4(=O)OC[C@H]5O[C@@H](n6cnc7c(N)ncnc76)[C@H](F)[C@@H]5OP(=O)(O)OC[C@H]5O[C@@H](n6ccc(=O)[nH]c6=O)[C@H](F)[C@@H]5O4)cc3)cc2)ccc1O[C@H]1O[C@H](C(=O)O)[C@@H](O)[C@H](O)[C@H]1O.[Tm]. The normalized spacial score (nSPS) is 25.9. The topological polar surface area (TPSA) is 532 Å². The Morgan fingerprint density at radius 2 is 1.40 bits per heavy atom. The van der Waals surface area contributed by atoms with Crippen molar-refractivity contribution in [2.45, 2.75) is 196 Å². The van der Waals surface area contributed by atoms with Crippen molar-refractivity contribution in [1.82, 2.24) is 49.9 Å². The quantitative estimate of drug-likeness (QED) is 0.00573. The molecule has 39 nitrogen and oxygen atoms in total. The van der Waals surface area contributed by atoms with Crippen LogP contribution in [0.3, 0.4) is 0 Å². The van der Waals surface area contributed by atoms with Crippen molar-refractivity contribution in [3.05, 3.63) is 136 Å². The maximum absolute atomic E-state index is 16.7. The first-order chi connectivity index (χ1) is 56.5. The average Bonchev–Trinajstić information content (AvgIpc) is 1.64. The molecule has 2 unspecified atom stereocenters. The van der Waals surface area contributed by atoms with Crippen molar-refractivity contribution in [2.24, 2.45) is 5.92 Å². The van der Waals surface area contributed by atoms with E-state index in [9.17, 15) is 73.0 Å². The maximum Gasteiger partial charge on any atom is 0.472 e. The third-order valence-electron chi connectivity index (χ3n) is 19.6. The second kappa shape index (κ2) is 43.6. The molecule has 11 rings (SSSR count). The number of aliphatic hydroxyl groups is 3. The number of hydrogen-bond acceptors (Lipinski definition) is 31. The predicted molar refractivity (Wildman–Crippen MR) is 411 cm³/mol. The van der Waals surface area contributed by atoms with E-state index >= 15 is 13.3 Å². The van der Waals surface area contributed by atoms with Crippen LogP contribution in [0.1, 0.15) is 131 Å². The molecule has 3 aromatic carbocycles. The molecule has 3 aromatic heterocycles. The Kier molecular flexibility index (Phi) is 34.1. The van der Waals surface area contributed by atoms with Gasteiger partial charge in [-0.3, -0.25) is 57.8 Å². The zero-order valence-corrected chi connectivity index (χ0v) is 68.7. The van der Waals surface area contributed by atoms with E-state index < -0.39 is 149 Å². The summed E-state index contributed by atoms with van der Waals surface area (Å²) in [4.78, 5) is 139. The summed E-state index contributed by atoms with van der Waals surface area (Å²) in [5.41, 5.74) is 5.16. The minimum atomic E-state index is -5.30. The van der Waals surface area contributed by atoms with Gasteiger partial charge in [0.05, 0.1) is 49.3 Å². The van der Waals surface area contributed by atoms with Gasteiger partial charge in [0.15, 0.2) is 48.3 Å². The smallest absolute Gasteiger partial charge is 0.472 e. The number of anilines is 2. The number of benzene rings is 3. The molecule has 5 saturated heterocycles. The maximum atomic E-state index is 16.7. The first-order valence-corrected chi connectivity index (χ1v) is 42.9. The summed E-state index contributed by atoms with van der Waals surface area (Å²) in [5.74, 6) is -3.62. The third kappa shape index (κ3) is 25.3. The van der Waals surface area contributed by atoms with Crippen molar-refractivity contribution >= 4 is 90.3 Å². The number of nitrogens with one attached hydrogen (secondary N) is 5. The molecule has 119 heavy (non-hydrogen) atoms. The number of amides is 5. The number of carboxylic acid groups (broad SMARTS) is 1. The van der Waals surface area contributed by atoms with Crippen LogP contribution in [0, 0.1) is 49.2 Å². The van der Waals surface area contributed by atoms with E-state index in [4.69, 9.17) is 57.0 Å². The van der Waals surface area contributed by atoms with Crippen molar-refractivity contribution in [1.29, 1.82) is 0 Å². The summed E-state index contributed by atoms with van der Waals surface area (Å²) in [6, 6.07) is 16.9. The van der Waals surface area contributed by atoms with Crippen LogP contribution in [0.4, 0.5) is 25.1 Å². The third-order valence-corrected chi connectivity index (χ3v) is 24.3. The van der Waals surface area contributed by atoms with Gasteiger partial charge in [-0.25, -0.2) is 52.0 Å². The molecule has 1 radical (unpaired) electrons. The Bertz CT molecular complexity index is 4700. The number of nitrogen functional groups attached to an aromatic ring is 1. The number of aliphatic carboxylic acids is 1. The summed E-state index contributed by atoms with van der Waals surface area (Å²) < 4.78 is 126. The van der Waals surface area contributed by atoms with Gasteiger partial charge in [-0.05, 0) is 109 Å². The first-order valence-electron chi connectivity index (χ1n) is 38.2. The minimum Gasteiger partial charge on any atom is -0.494 e. The Morgan fingerprint density at radius 1 is 0.748 bits per heavy atom. The van der Waals surface area contributed by atoms with Crippen LogP contribution in [-0.4, -0.2) is 220 Å². The molecule has 6 aromatic rings. The Labute approximate surface area is 712 Å². The fraction of sp³-hybridized carbons (Fsp3) is 0.527. The molecular formula is C74H93F2N12O27P2STm-. The van der Waals surface area contributed by atoms with Crippen LogP contribution in [0.15, 0.2) is 101 Å². The van der Waals surface area contributed by atoms with Crippen LogP contribution in [0.2, 0.25) is 0 Å². The van der Waals surface area contributed by atoms with Crippen molar-refractivity contribution in [3.63, 3.8) is 0 Å². The first kappa shape index (κ1) is 93.1. The molecule has 655 valence electrons. The van der Waals surface area contributed by atoms with Crippen molar-refractivity contribution in [3.8, 4) is 17.2 Å². The summed E-state index contributed by atoms with van der Waals surface area (Å²) in [6.45, 7) is -1.65. The average molecular weight is 1880 g/mol. The van der Waals surface area contributed by atoms with E-state index in [-0.39, 0.29) is 132 Å². The Hall–Kier alpha value is -8.13. The zero-order chi connectivity index (χ0) is 84.4. The number of likely N-dealkylation sites (tertiary alicyclic amines) is 1. The number of alkyl carbamates (subject to hydrolysis) is 1. The van der Waals surface area contributed by atoms with Crippen LogP contribution < -0.4 is 52.5 Å². The van der Waals surface area contributed by atoms with Gasteiger partial charge < -0.3 is 95.2 Å². The molecule has 0 aliphatic carbocycles. The number of halogens is 2. The molecule has 0 spiro atoms. The monoisotopic (exact) mass is 1880 g/mol. The Morgan fingerprint density at radius 3 is 2.09 bits per heavy atom. The summed E-state index contributed by atoms with van der Waals surface area (Å²) in [6.07, 6.45) is -12.4. The van der Waals surface area contributed by atoms with Crippen LogP contribution in [0.25, 0.3) is 11.2 Å². The number of aromatic amines is 1. The van der Waals surface area contributed by atoms with Gasteiger partial charge in [0.2, 0.25) is 18.1 Å². The van der Waals surface area contributed by atoms with Crippen LogP contribution in [-0.2, 0) is 82.5 Å². The number of ether oxygens (including phenoxy) is 7. The van der Waals surface area contributed by atoms with Crippen LogP contribution >= 0.6 is 26.0 Å². The number of phosphoric acid groups is 1. The zero-order valence-electron chi connectivity index (χ0n) is 64.3. The molecule has 5 aliphatic rings. The minimum absolute atomic E-state index is 0. The second-order valence-electron chi connectivity index (χ2n) is 28.6. The van der Waals surface area contributed by atoms with E-state index in [0.29, 0.717) is 84.7 Å². The van der Waals surface area contributed by atoms with Gasteiger partial charge >= 0.3 is 38.3 Å². The standard InChI is InChI=1S/C74H93F2N12O27P2S.Tm/c1-41(2)57(78-28-11-9-12-31-86-53(91)24-25-54(86)92)67(96)79-30-26-51(89)84-47-34-43(16-23-48(47)112-72-61(95)59(93)60(94)64(113-72)70(97)98)35-106-74(101)80-29-10-7-5-3-4-6-8-13-33-105-45-21-17-44(18-22-45)71(99)109-46-19-14-42(15-20-46)38-118-117(104)108-37-50-62(55(75)69(111-50)88-40-83-58-65(77)81-39-82-66(58)88)114-116(102,103)107-36-49-63(115-117)56(76)68(110-49)87-32-27-52(90)85-73(87)100;/h14-24,27,32,34,39-41,49-50,55-57,59-64,68-69,72,78,93-95H,3-13,25-26,28-31,33,35-38H2,1-2H3,(H,79,96)(H,80,101)(H,84,89)(H,97,98)(H,102,103)(H2,77,81,82)(H,85,90,100);/q-1;/t49-,50-,55-,56-,57+,59+,60+,61-,62-,63-,64+,68-,69-,72+,117?;/m1./s1. The number of imidazole rings is 1. The predicted octanol–water partition coefficient (Wildman–Crippen LogP) is 5.50. The molecule has 45 heteroatoms.